The molecule has 0 saturated carbocycles. The third kappa shape index (κ3) is 125. The van der Waals surface area contributed by atoms with Crippen LogP contribution in [0.25, 0.3) is 0 Å². The van der Waals surface area contributed by atoms with E-state index in [1.54, 1.807) is 0 Å². The molecule has 0 aromatic heterocycles. The second-order valence-electron chi connectivity index (χ2n) is 4.08. The first-order valence-corrected chi connectivity index (χ1v) is 7.77. The molecule has 0 unspecified atom stereocenters. The van der Waals surface area contributed by atoms with E-state index >= 15 is 0 Å². The van der Waals surface area contributed by atoms with E-state index in [4.69, 9.17) is 5.11 Å². The van der Waals surface area contributed by atoms with Crippen LogP contribution in [0.5, 0.6) is 0 Å². The van der Waals surface area contributed by atoms with Gasteiger partial charge < -0.3 is 5.11 Å². The van der Waals surface area contributed by atoms with E-state index in [2.05, 4.69) is 48.5 Å². The van der Waals surface area contributed by atoms with E-state index < -0.39 is 0 Å². The standard InChI is InChI=1S/C4H10O.3C4H10.Sn/c1-2-3-4-5;3*1-3-4-2;/h5H,2-4H2,1H3;3*3-4H2,1-2H3;. The topological polar surface area (TPSA) is 20.2 Å². The summed E-state index contributed by atoms with van der Waals surface area (Å²) in [7, 11) is 0. The first-order valence-electron chi connectivity index (χ1n) is 7.77. The fourth-order valence-corrected chi connectivity index (χ4v) is 0.158. The van der Waals surface area contributed by atoms with Crippen molar-refractivity contribution in [3.05, 3.63) is 0 Å². The van der Waals surface area contributed by atoms with Crippen molar-refractivity contribution in [3.8, 4) is 0 Å². The molecule has 0 aromatic rings. The first-order chi connectivity index (χ1) is 8.16. The minimum atomic E-state index is 0. The number of rotatable bonds is 5. The number of hydrogen-bond donors (Lipinski definition) is 1. The minimum Gasteiger partial charge on any atom is -0.396 e. The van der Waals surface area contributed by atoms with E-state index in [1.807, 2.05) is 0 Å². The average molecular weight is 367 g/mol. The molecule has 0 fully saturated rings. The van der Waals surface area contributed by atoms with Gasteiger partial charge in [-0.2, -0.15) is 0 Å². The third-order valence-corrected chi connectivity index (χ3v) is 2.01. The van der Waals surface area contributed by atoms with Crippen molar-refractivity contribution in [2.24, 2.45) is 0 Å². The fourth-order valence-electron chi connectivity index (χ4n) is 0.158. The molecule has 0 bridgehead atoms. The second kappa shape index (κ2) is 52.4. The summed E-state index contributed by atoms with van der Waals surface area (Å²) in [5.74, 6) is 0. The molecule has 0 amide bonds. The fraction of sp³-hybridized carbons (Fsp3) is 1.00. The average Bonchev–Trinajstić information content (AvgIpc) is 2.40. The zero-order chi connectivity index (χ0) is 14.4. The molecule has 114 valence electrons. The molecule has 0 heterocycles. The molecule has 4 radical (unpaired) electrons. The Morgan fingerprint density at radius 3 is 0.722 bits per heavy atom. The molecule has 0 spiro atoms. The van der Waals surface area contributed by atoms with Crippen molar-refractivity contribution in [1.29, 1.82) is 0 Å². The molecule has 0 aliphatic heterocycles. The monoisotopic (exact) mass is 368 g/mol. The summed E-state index contributed by atoms with van der Waals surface area (Å²) >= 11 is 0. The van der Waals surface area contributed by atoms with Gasteiger partial charge in [-0.15, -0.1) is 0 Å². The van der Waals surface area contributed by atoms with Crippen molar-refractivity contribution in [2.75, 3.05) is 6.61 Å². The van der Waals surface area contributed by atoms with Crippen molar-refractivity contribution >= 4 is 23.9 Å². The summed E-state index contributed by atoms with van der Waals surface area (Å²) in [4.78, 5) is 0. The zero-order valence-corrected chi connectivity index (χ0v) is 17.2. The Labute approximate surface area is 135 Å². The van der Waals surface area contributed by atoms with Crippen LogP contribution >= 0.6 is 0 Å². The molecule has 0 saturated heterocycles. The SMILES string of the molecule is CCCC.CCCC.CCCC.CCCCO.[Sn]. The predicted octanol–water partition coefficient (Wildman–Crippen LogP) is 5.82. The Morgan fingerprint density at radius 1 is 0.500 bits per heavy atom. The third-order valence-electron chi connectivity index (χ3n) is 2.01. The molecule has 1 nitrogen and oxygen atoms in total. The maximum atomic E-state index is 8.07. The maximum absolute atomic E-state index is 8.07. The predicted molar refractivity (Wildman–Crippen MR) is 89.5 cm³/mol. The number of aliphatic hydroxyl groups is 1. The molecular formula is C16H40OSn. The minimum absolute atomic E-state index is 0. The number of aliphatic hydroxyl groups excluding tert-OH is 1. The molecule has 1 N–H and O–H groups in total. The van der Waals surface area contributed by atoms with Crippen LogP contribution in [0.15, 0.2) is 0 Å². The Kier molecular flexibility index (Phi) is 90.9. The van der Waals surface area contributed by atoms with E-state index in [0.717, 1.165) is 12.8 Å². The summed E-state index contributed by atoms with van der Waals surface area (Å²) in [6.45, 7) is 15.5. The van der Waals surface area contributed by atoms with Gasteiger partial charge in [0.25, 0.3) is 0 Å². The van der Waals surface area contributed by atoms with Crippen LogP contribution in [-0.4, -0.2) is 35.6 Å². The molecule has 2 heteroatoms. The molecule has 18 heavy (non-hydrogen) atoms. The number of hydrogen-bond acceptors (Lipinski definition) is 1. The van der Waals surface area contributed by atoms with Crippen molar-refractivity contribution in [2.45, 2.75) is 99.8 Å². The van der Waals surface area contributed by atoms with Gasteiger partial charge in [0.05, 0.1) is 0 Å². The van der Waals surface area contributed by atoms with Crippen LogP contribution in [0.3, 0.4) is 0 Å². The van der Waals surface area contributed by atoms with Gasteiger partial charge in [-0.3, -0.25) is 0 Å². The van der Waals surface area contributed by atoms with Crippen LogP contribution in [0, 0.1) is 0 Å². The summed E-state index contributed by atoms with van der Waals surface area (Å²) in [5, 5.41) is 8.07. The van der Waals surface area contributed by atoms with Gasteiger partial charge in [0, 0.05) is 30.5 Å². The normalized spacial score (nSPS) is 7.33. The second-order valence-corrected chi connectivity index (χ2v) is 4.08. The van der Waals surface area contributed by atoms with Gasteiger partial charge in [-0.1, -0.05) is 93.4 Å². The van der Waals surface area contributed by atoms with Crippen molar-refractivity contribution in [3.63, 3.8) is 0 Å². The molecular weight excluding hydrogens is 327 g/mol. The maximum Gasteiger partial charge on any atom is 0.0430 e. The summed E-state index contributed by atoms with van der Waals surface area (Å²) < 4.78 is 0. The summed E-state index contributed by atoms with van der Waals surface area (Å²) in [5.41, 5.74) is 0. The van der Waals surface area contributed by atoms with Gasteiger partial charge in [0.1, 0.15) is 0 Å². The van der Waals surface area contributed by atoms with Crippen LogP contribution in [-0.2, 0) is 0 Å². The molecule has 0 rings (SSSR count). The molecule has 0 atom stereocenters. The Hall–Kier alpha value is 0.759. The van der Waals surface area contributed by atoms with Gasteiger partial charge >= 0.3 is 0 Å². The zero-order valence-electron chi connectivity index (χ0n) is 14.3. The van der Waals surface area contributed by atoms with Gasteiger partial charge in [0.2, 0.25) is 0 Å². The Bertz CT molecular complexity index is 50.6. The van der Waals surface area contributed by atoms with Crippen LogP contribution in [0.2, 0.25) is 0 Å². The van der Waals surface area contributed by atoms with Crippen molar-refractivity contribution < 1.29 is 5.11 Å². The summed E-state index contributed by atoms with van der Waals surface area (Å²) in [6.07, 6.45) is 9.95. The van der Waals surface area contributed by atoms with Gasteiger partial charge in [-0.05, 0) is 6.42 Å². The quantitative estimate of drug-likeness (QED) is 0.608. The number of unbranched alkanes of at least 4 members (excludes halogenated alkanes) is 4. The Morgan fingerprint density at radius 2 is 0.722 bits per heavy atom. The van der Waals surface area contributed by atoms with E-state index in [1.165, 1.54) is 38.5 Å². The van der Waals surface area contributed by atoms with Crippen LogP contribution < -0.4 is 0 Å². The van der Waals surface area contributed by atoms with E-state index in [9.17, 15) is 0 Å². The Balaban J connectivity index is -0.0000000412. The van der Waals surface area contributed by atoms with E-state index in [-0.39, 0.29) is 23.9 Å². The summed E-state index contributed by atoms with van der Waals surface area (Å²) in [6, 6.07) is 0. The van der Waals surface area contributed by atoms with Crippen molar-refractivity contribution in [1.82, 2.24) is 0 Å². The van der Waals surface area contributed by atoms with Crippen LogP contribution in [0.1, 0.15) is 99.8 Å². The van der Waals surface area contributed by atoms with E-state index in [0.29, 0.717) is 6.61 Å². The smallest absolute Gasteiger partial charge is 0.0430 e. The largest absolute Gasteiger partial charge is 0.396 e. The van der Waals surface area contributed by atoms with Gasteiger partial charge in [-0.25, -0.2) is 0 Å². The van der Waals surface area contributed by atoms with Gasteiger partial charge in [0.15, 0.2) is 0 Å². The molecule has 0 aliphatic carbocycles. The molecule has 0 aromatic carbocycles. The van der Waals surface area contributed by atoms with Crippen LogP contribution in [0.4, 0.5) is 0 Å². The first kappa shape index (κ1) is 31.3. The molecule has 0 aliphatic rings.